The molecule has 0 radical (unpaired) electrons. The molecule has 7 nitrogen and oxygen atoms in total. The summed E-state index contributed by atoms with van der Waals surface area (Å²) in [6, 6.07) is 16.6. The highest BCUT2D eigenvalue weighted by molar-refractivity contribution is 7.92. The predicted molar refractivity (Wildman–Crippen MR) is 157 cm³/mol. The van der Waals surface area contributed by atoms with Gasteiger partial charge in [-0.2, -0.15) is 0 Å². The molecule has 1 N–H and O–H groups in total. The highest BCUT2D eigenvalue weighted by Crippen LogP contribution is 2.28. The fraction of sp³-hybridized carbons (Fsp3) is 0.286. The lowest BCUT2D eigenvalue weighted by molar-refractivity contribution is -0.140. The Morgan fingerprint density at radius 2 is 1.59 bits per heavy atom. The van der Waals surface area contributed by atoms with Crippen LogP contribution < -0.4 is 9.62 Å². The van der Waals surface area contributed by atoms with E-state index in [-0.39, 0.29) is 23.0 Å². The highest BCUT2D eigenvalue weighted by Gasteiger charge is 2.34. The van der Waals surface area contributed by atoms with Crippen LogP contribution >= 0.6 is 34.8 Å². The van der Waals surface area contributed by atoms with Crippen LogP contribution in [0.2, 0.25) is 15.1 Å². The average molecular weight is 611 g/mol. The van der Waals surface area contributed by atoms with Crippen molar-refractivity contribution in [1.29, 1.82) is 0 Å². The summed E-state index contributed by atoms with van der Waals surface area (Å²) in [4.78, 5) is 28.3. The third-order valence-corrected chi connectivity index (χ3v) is 8.69. The number of carbonyl (C=O) groups is 2. The van der Waals surface area contributed by atoms with E-state index in [9.17, 15) is 18.0 Å². The van der Waals surface area contributed by atoms with E-state index >= 15 is 0 Å². The topological polar surface area (TPSA) is 86.8 Å². The van der Waals surface area contributed by atoms with Crippen LogP contribution in [0.1, 0.15) is 31.4 Å². The van der Waals surface area contributed by atoms with E-state index in [1.54, 1.807) is 62.4 Å². The second-order valence-corrected chi connectivity index (χ2v) is 12.0. The molecule has 3 rings (SSSR count). The van der Waals surface area contributed by atoms with E-state index in [1.165, 1.54) is 23.1 Å². The lowest BCUT2D eigenvalue weighted by Gasteiger charge is -2.33. The predicted octanol–water partition coefficient (Wildman–Crippen LogP) is 6.09. The van der Waals surface area contributed by atoms with Crippen molar-refractivity contribution in [2.24, 2.45) is 0 Å². The Balaban J connectivity index is 2.08. The van der Waals surface area contributed by atoms with Gasteiger partial charge in [0.1, 0.15) is 12.6 Å². The summed E-state index contributed by atoms with van der Waals surface area (Å²) >= 11 is 18.7. The van der Waals surface area contributed by atoms with Crippen LogP contribution in [-0.4, -0.2) is 44.3 Å². The number of carbonyl (C=O) groups excluding carboxylic acids is 2. The fourth-order valence-corrected chi connectivity index (χ4v) is 6.10. The number of likely N-dealkylation sites (N-methyl/N-ethyl adjacent to an activating group) is 1. The SMILES string of the molecule is CCNC(=O)[C@H](CC)N(Cc1ccc(Cl)cc1Cl)C(=O)CN(c1cccc(Cl)c1)S(=O)(=O)c1ccc(C)cc1. The van der Waals surface area contributed by atoms with Gasteiger partial charge in [-0.15, -0.1) is 0 Å². The minimum atomic E-state index is -4.18. The van der Waals surface area contributed by atoms with E-state index in [0.717, 1.165) is 9.87 Å². The molecule has 0 bridgehead atoms. The van der Waals surface area contributed by atoms with E-state index in [4.69, 9.17) is 34.8 Å². The van der Waals surface area contributed by atoms with Crippen molar-refractivity contribution < 1.29 is 18.0 Å². The molecule has 3 aromatic rings. The quantitative estimate of drug-likeness (QED) is 0.285. The molecule has 0 aliphatic heterocycles. The Bertz CT molecular complexity index is 1430. The molecule has 0 aliphatic carbocycles. The van der Waals surface area contributed by atoms with Crippen molar-refractivity contribution in [2.45, 2.75) is 44.7 Å². The summed E-state index contributed by atoms with van der Waals surface area (Å²) in [5.74, 6) is -0.941. The van der Waals surface area contributed by atoms with Gasteiger partial charge in [-0.1, -0.05) is 71.6 Å². The molecule has 0 aliphatic rings. The highest BCUT2D eigenvalue weighted by atomic mass is 35.5. The van der Waals surface area contributed by atoms with Crippen LogP contribution in [0.5, 0.6) is 0 Å². The number of amides is 2. The molecule has 3 aromatic carbocycles. The molecule has 0 saturated heterocycles. The number of aryl methyl sites for hydroxylation is 1. The molecule has 0 fully saturated rings. The van der Waals surface area contributed by atoms with Gasteiger partial charge >= 0.3 is 0 Å². The molecule has 39 heavy (non-hydrogen) atoms. The van der Waals surface area contributed by atoms with Gasteiger partial charge in [0.2, 0.25) is 11.8 Å². The Kier molecular flexibility index (Phi) is 10.7. The molecule has 0 unspecified atom stereocenters. The second kappa shape index (κ2) is 13.5. The first-order valence-electron chi connectivity index (χ1n) is 12.3. The van der Waals surface area contributed by atoms with Gasteiger partial charge in [-0.05, 0) is 68.3 Å². The molecular formula is C28H30Cl3N3O4S. The van der Waals surface area contributed by atoms with E-state index in [2.05, 4.69) is 5.32 Å². The number of hydrogen-bond acceptors (Lipinski definition) is 4. The first kappa shape index (κ1) is 30.8. The molecule has 1 atom stereocenters. The van der Waals surface area contributed by atoms with Crippen LogP contribution in [0.15, 0.2) is 71.6 Å². The Morgan fingerprint density at radius 1 is 0.923 bits per heavy atom. The Labute approximate surface area is 244 Å². The lowest BCUT2D eigenvalue weighted by atomic mass is 10.1. The van der Waals surface area contributed by atoms with Crippen molar-refractivity contribution in [3.63, 3.8) is 0 Å². The van der Waals surface area contributed by atoms with Gasteiger partial charge < -0.3 is 10.2 Å². The maximum Gasteiger partial charge on any atom is 0.264 e. The van der Waals surface area contributed by atoms with E-state index in [0.29, 0.717) is 33.6 Å². The number of halogens is 3. The van der Waals surface area contributed by atoms with Crippen LogP contribution in [0.4, 0.5) is 5.69 Å². The van der Waals surface area contributed by atoms with Gasteiger partial charge in [-0.25, -0.2) is 8.42 Å². The molecular weight excluding hydrogens is 581 g/mol. The van der Waals surface area contributed by atoms with Crippen molar-refractivity contribution in [1.82, 2.24) is 10.2 Å². The van der Waals surface area contributed by atoms with Gasteiger partial charge in [0.15, 0.2) is 0 Å². The van der Waals surface area contributed by atoms with Crippen LogP contribution in [0.25, 0.3) is 0 Å². The summed E-state index contributed by atoms with van der Waals surface area (Å²) in [7, 11) is -4.18. The second-order valence-electron chi connectivity index (χ2n) is 8.88. The fourth-order valence-electron chi connectivity index (χ4n) is 4.04. The van der Waals surface area contributed by atoms with Crippen molar-refractivity contribution in [2.75, 3.05) is 17.4 Å². The third-order valence-electron chi connectivity index (χ3n) is 6.08. The number of sulfonamides is 1. The molecule has 0 saturated carbocycles. The minimum absolute atomic E-state index is 0.0175. The van der Waals surface area contributed by atoms with Crippen LogP contribution in [0, 0.1) is 6.92 Å². The summed E-state index contributed by atoms with van der Waals surface area (Å²) < 4.78 is 28.7. The van der Waals surface area contributed by atoms with Crippen molar-refractivity contribution in [3.8, 4) is 0 Å². The lowest BCUT2D eigenvalue weighted by Crippen LogP contribution is -2.52. The zero-order valence-electron chi connectivity index (χ0n) is 21.8. The number of nitrogens with zero attached hydrogens (tertiary/aromatic N) is 2. The number of anilines is 1. The molecule has 11 heteroatoms. The number of hydrogen-bond donors (Lipinski definition) is 1. The van der Waals surface area contributed by atoms with Crippen LogP contribution in [-0.2, 0) is 26.2 Å². The molecule has 2 amide bonds. The maximum absolute atomic E-state index is 14.0. The van der Waals surface area contributed by atoms with E-state index < -0.39 is 28.5 Å². The Hall–Kier alpha value is -2.78. The largest absolute Gasteiger partial charge is 0.355 e. The van der Waals surface area contributed by atoms with Crippen molar-refractivity contribution >= 4 is 62.3 Å². The summed E-state index contributed by atoms with van der Waals surface area (Å²) in [5.41, 5.74) is 1.66. The summed E-state index contributed by atoms with van der Waals surface area (Å²) in [5, 5.41) is 3.82. The zero-order chi connectivity index (χ0) is 28.7. The molecule has 0 aromatic heterocycles. The first-order chi connectivity index (χ1) is 18.5. The number of rotatable bonds is 11. The van der Waals surface area contributed by atoms with E-state index in [1.807, 2.05) is 6.92 Å². The molecule has 0 spiro atoms. The average Bonchev–Trinajstić information content (AvgIpc) is 2.88. The standard InChI is InChI=1S/C28H30Cl3N3O4S/c1-4-26(28(36)32-5-2)33(17-20-11-12-22(30)16-25(20)31)27(35)18-34(23-8-6-7-21(29)15-23)39(37,38)24-13-9-19(3)10-14-24/h6-16,26H,4-5,17-18H2,1-3H3,(H,32,36)/t26-/m0/s1. The normalized spacial score (nSPS) is 12.1. The maximum atomic E-state index is 14.0. The van der Waals surface area contributed by atoms with Gasteiger partial charge in [-0.3, -0.25) is 13.9 Å². The van der Waals surface area contributed by atoms with Gasteiger partial charge in [0.25, 0.3) is 10.0 Å². The number of benzene rings is 3. The van der Waals surface area contributed by atoms with Crippen molar-refractivity contribution in [3.05, 3.63) is 92.9 Å². The first-order valence-corrected chi connectivity index (χ1v) is 14.9. The molecule has 208 valence electrons. The number of nitrogens with one attached hydrogen (secondary N) is 1. The smallest absolute Gasteiger partial charge is 0.264 e. The molecule has 0 heterocycles. The Morgan fingerprint density at radius 3 is 2.18 bits per heavy atom. The summed E-state index contributed by atoms with van der Waals surface area (Å²) in [6.45, 7) is 5.18. The zero-order valence-corrected chi connectivity index (χ0v) is 24.9. The van der Waals surface area contributed by atoms with Gasteiger partial charge in [0.05, 0.1) is 10.6 Å². The van der Waals surface area contributed by atoms with Gasteiger partial charge in [0, 0.05) is 28.2 Å². The monoisotopic (exact) mass is 609 g/mol. The van der Waals surface area contributed by atoms with Crippen LogP contribution in [0.3, 0.4) is 0 Å². The minimum Gasteiger partial charge on any atom is -0.355 e. The third kappa shape index (κ3) is 7.66. The summed E-state index contributed by atoms with van der Waals surface area (Å²) in [6.07, 6.45) is 0.296.